The molecule has 0 amide bonds. The lowest BCUT2D eigenvalue weighted by Crippen LogP contribution is -2.40. The molecule has 2 atom stereocenters. The molecule has 1 spiro atoms. The molecule has 2 rings (SSSR count). The van der Waals surface area contributed by atoms with Crippen LogP contribution in [-0.4, -0.2) is 32.0 Å². The van der Waals surface area contributed by atoms with Gasteiger partial charge >= 0.3 is 0 Å². The Morgan fingerprint density at radius 1 is 1.42 bits per heavy atom. The Hall–Kier alpha value is -0.0900. The summed E-state index contributed by atoms with van der Waals surface area (Å²) in [7, 11) is -2.80. The van der Waals surface area contributed by atoms with E-state index in [0.717, 1.165) is 19.4 Å². The third kappa shape index (κ3) is 1.27. The van der Waals surface area contributed by atoms with Crippen molar-refractivity contribution in [1.29, 1.82) is 0 Å². The molecule has 1 heterocycles. The second-order valence-electron chi connectivity index (χ2n) is 4.06. The molecule has 0 aromatic rings. The maximum Gasteiger partial charge on any atom is 0.152 e. The molecular formula is C8H15NO2S. The van der Waals surface area contributed by atoms with Crippen molar-refractivity contribution >= 4 is 9.84 Å². The van der Waals surface area contributed by atoms with E-state index in [1.54, 1.807) is 0 Å². The summed E-state index contributed by atoms with van der Waals surface area (Å²) in [6, 6.07) is 0. The second kappa shape index (κ2) is 2.45. The Labute approximate surface area is 73.5 Å². The van der Waals surface area contributed by atoms with Crippen molar-refractivity contribution in [3.63, 3.8) is 0 Å². The van der Waals surface area contributed by atoms with Crippen LogP contribution in [0.1, 0.15) is 25.7 Å². The number of hydrogen-bond acceptors (Lipinski definition) is 3. The van der Waals surface area contributed by atoms with E-state index in [1.165, 1.54) is 19.1 Å². The lowest BCUT2D eigenvalue weighted by Gasteiger charge is -2.23. The number of nitrogens with one attached hydrogen (secondary N) is 1. The highest BCUT2D eigenvalue weighted by atomic mass is 32.2. The zero-order chi connectivity index (χ0) is 8.82. The van der Waals surface area contributed by atoms with Crippen LogP contribution in [0.15, 0.2) is 0 Å². The average molecular weight is 189 g/mol. The van der Waals surface area contributed by atoms with E-state index in [2.05, 4.69) is 5.32 Å². The van der Waals surface area contributed by atoms with Crippen molar-refractivity contribution in [2.45, 2.75) is 36.5 Å². The Morgan fingerprint density at radius 2 is 2.17 bits per heavy atom. The highest BCUT2D eigenvalue weighted by Gasteiger charge is 2.59. The largest absolute Gasteiger partial charge is 0.310 e. The van der Waals surface area contributed by atoms with Gasteiger partial charge in [0.25, 0.3) is 0 Å². The van der Waals surface area contributed by atoms with E-state index < -0.39 is 9.84 Å². The van der Waals surface area contributed by atoms with Gasteiger partial charge in [0.15, 0.2) is 9.84 Å². The quantitative estimate of drug-likeness (QED) is 0.646. The third-order valence-electron chi connectivity index (χ3n) is 3.05. The Balaban J connectivity index is 2.09. The molecule has 1 saturated carbocycles. The first-order chi connectivity index (χ1) is 5.55. The first-order valence-corrected chi connectivity index (χ1v) is 6.44. The maximum atomic E-state index is 11.2. The Bertz CT molecular complexity index is 277. The minimum absolute atomic E-state index is 0.00810. The fourth-order valence-electron chi connectivity index (χ4n) is 2.27. The predicted octanol–water partition coefficient (Wildman–Crippen LogP) is 0.316. The van der Waals surface area contributed by atoms with E-state index in [-0.39, 0.29) is 10.8 Å². The van der Waals surface area contributed by atoms with Crippen molar-refractivity contribution in [2.24, 2.45) is 0 Å². The predicted molar refractivity (Wildman–Crippen MR) is 47.8 cm³/mol. The molecule has 1 aliphatic heterocycles. The van der Waals surface area contributed by atoms with Crippen LogP contribution in [0.5, 0.6) is 0 Å². The lowest BCUT2D eigenvalue weighted by atomic mass is 10.0. The molecule has 1 N–H and O–H groups in total. The molecule has 2 aliphatic rings. The minimum atomic E-state index is -2.80. The highest BCUT2D eigenvalue weighted by molar-refractivity contribution is 7.91. The summed E-state index contributed by atoms with van der Waals surface area (Å²) in [4.78, 5) is 0. The number of hydrogen-bond donors (Lipinski definition) is 1. The van der Waals surface area contributed by atoms with Gasteiger partial charge in [0, 0.05) is 11.8 Å². The van der Waals surface area contributed by atoms with Crippen LogP contribution in [0.4, 0.5) is 0 Å². The molecule has 0 aromatic carbocycles. The van der Waals surface area contributed by atoms with Crippen LogP contribution in [0.2, 0.25) is 0 Å². The van der Waals surface area contributed by atoms with Gasteiger partial charge in [-0.1, -0.05) is 6.42 Å². The monoisotopic (exact) mass is 189 g/mol. The van der Waals surface area contributed by atoms with Crippen molar-refractivity contribution in [3.05, 3.63) is 0 Å². The molecule has 1 saturated heterocycles. The first-order valence-electron chi connectivity index (χ1n) is 4.48. The molecule has 0 bridgehead atoms. The Kier molecular flexibility index (Phi) is 1.74. The summed E-state index contributed by atoms with van der Waals surface area (Å²) in [5.41, 5.74) is -0.00810. The SMILES string of the molecule is CS(=O)(=O)C1CC12CCCCN2. The fourth-order valence-corrected chi connectivity index (χ4v) is 3.89. The average Bonchev–Trinajstić information content (AvgIpc) is 2.65. The summed E-state index contributed by atoms with van der Waals surface area (Å²) in [6.07, 6.45) is 5.61. The third-order valence-corrected chi connectivity index (χ3v) is 4.70. The molecule has 1 aliphatic carbocycles. The molecule has 4 heteroatoms. The van der Waals surface area contributed by atoms with Crippen LogP contribution in [-0.2, 0) is 9.84 Å². The van der Waals surface area contributed by atoms with Crippen LogP contribution in [0.3, 0.4) is 0 Å². The van der Waals surface area contributed by atoms with Crippen molar-refractivity contribution in [1.82, 2.24) is 5.32 Å². The van der Waals surface area contributed by atoms with Crippen molar-refractivity contribution < 1.29 is 8.42 Å². The van der Waals surface area contributed by atoms with Gasteiger partial charge in [0.05, 0.1) is 5.25 Å². The molecule has 0 aromatic heterocycles. The van der Waals surface area contributed by atoms with Crippen molar-refractivity contribution in [3.8, 4) is 0 Å². The van der Waals surface area contributed by atoms with Gasteiger partial charge in [-0.2, -0.15) is 0 Å². The summed E-state index contributed by atoms with van der Waals surface area (Å²) < 4.78 is 22.5. The second-order valence-corrected chi connectivity index (χ2v) is 6.29. The van der Waals surface area contributed by atoms with Crippen LogP contribution >= 0.6 is 0 Å². The Morgan fingerprint density at radius 3 is 2.58 bits per heavy atom. The fraction of sp³-hybridized carbons (Fsp3) is 1.00. The van der Waals surface area contributed by atoms with Gasteiger partial charge in [-0.25, -0.2) is 8.42 Å². The zero-order valence-electron chi connectivity index (χ0n) is 7.34. The van der Waals surface area contributed by atoms with E-state index in [0.29, 0.717) is 0 Å². The van der Waals surface area contributed by atoms with Gasteiger partial charge in [0.1, 0.15) is 0 Å². The molecule has 2 unspecified atom stereocenters. The molecule has 2 fully saturated rings. The van der Waals surface area contributed by atoms with E-state index in [9.17, 15) is 8.42 Å². The summed E-state index contributed by atoms with van der Waals surface area (Å²) in [6.45, 7) is 0.992. The molecule has 70 valence electrons. The van der Waals surface area contributed by atoms with Gasteiger partial charge in [-0.3, -0.25) is 0 Å². The molecule has 3 nitrogen and oxygen atoms in total. The molecular weight excluding hydrogens is 174 g/mol. The van der Waals surface area contributed by atoms with E-state index in [1.807, 2.05) is 0 Å². The van der Waals surface area contributed by atoms with Crippen LogP contribution in [0.25, 0.3) is 0 Å². The summed E-state index contributed by atoms with van der Waals surface area (Å²) in [5.74, 6) is 0. The summed E-state index contributed by atoms with van der Waals surface area (Å²) >= 11 is 0. The number of sulfone groups is 1. The number of rotatable bonds is 1. The molecule has 12 heavy (non-hydrogen) atoms. The van der Waals surface area contributed by atoms with Gasteiger partial charge in [-0.05, 0) is 25.8 Å². The van der Waals surface area contributed by atoms with Gasteiger partial charge in [0.2, 0.25) is 0 Å². The minimum Gasteiger partial charge on any atom is -0.310 e. The van der Waals surface area contributed by atoms with Gasteiger partial charge in [-0.15, -0.1) is 0 Å². The first kappa shape index (κ1) is 8.51. The van der Waals surface area contributed by atoms with E-state index >= 15 is 0 Å². The zero-order valence-corrected chi connectivity index (χ0v) is 8.15. The van der Waals surface area contributed by atoms with Crippen LogP contribution < -0.4 is 5.32 Å². The smallest absolute Gasteiger partial charge is 0.152 e. The standard InChI is InChI=1S/C8H15NO2S/c1-12(10,11)7-6-8(7)4-2-3-5-9-8/h7,9H,2-6H2,1H3. The van der Waals surface area contributed by atoms with Crippen molar-refractivity contribution in [2.75, 3.05) is 12.8 Å². The normalized spacial score (nSPS) is 41.6. The molecule has 0 radical (unpaired) electrons. The highest BCUT2D eigenvalue weighted by Crippen LogP contribution is 2.46. The number of piperidine rings is 1. The van der Waals surface area contributed by atoms with Gasteiger partial charge < -0.3 is 5.32 Å². The van der Waals surface area contributed by atoms with Crippen LogP contribution in [0, 0.1) is 0 Å². The van der Waals surface area contributed by atoms with E-state index in [4.69, 9.17) is 0 Å². The summed E-state index contributed by atoms with van der Waals surface area (Å²) in [5, 5.41) is 3.25. The topological polar surface area (TPSA) is 46.2 Å². The lowest BCUT2D eigenvalue weighted by molar-refractivity contribution is 0.384. The maximum absolute atomic E-state index is 11.2.